The maximum absolute atomic E-state index is 12.8. The predicted octanol–water partition coefficient (Wildman–Crippen LogP) is 6.35. The van der Waals surface area contributed by atoms with Crippen LogP contribution in [0.2, 0.25) is 0 Å². The number of ether oxygens (including phenoxy) is 1. The lowest BCUT2D eigenvalue weighted by atomic mass is 10.1. The van der Waals surface area contributed by atoms with E-state index in [1.807, 2.05) is 71.1 Å². The molecule has 7 nitrogen and oxygen atoms in total. The fraction of sp³-hybridized carbons (Fsp3) is 0.129. The number of hydrogen-bond acceptors (Lipinski definition) is 5. The van der Waals surface area contributed by atoms with Gasteiger partial charge in [-0.2, -0.15) is 0 Å². The van der Waals surface area contributed by atoms with Crippen molar-refractivity contribution in [3.8, 4) is 5.75 Å². The molecule has 8 heteroatoms. The zero-order valence-corrected chi connectivity index (χ0v) is 22.3. The number of nitrogens with zero attached hydrogens (tertiary/aromatic N) is 4. The highest BCUT2D eigenvalue weighted by molar-refractivity contribution is 7.99. The zero-order chi connectivity index (χ0) is 26.6. The van der Waals surface area contributed by atoms with Crippen LogP contribution in [0.4, 0.5) is 5.69 Å². The van der Waals surface area contributed by atoms with Gasteiger partial charge in [-0.1, -0.05) is 84.1 Å². The molecule has 0 aliphatic carbocycles. The lowest BCUT2D eigenvalue weighted by Crippen LogP contribution is -2.14. The second-order valence-corrected chi connectivity index (χ2v) is 10.3. The maximum atomic E-state index is 12.8. The summed E-state index contributed by atoms with van der Waals surface area (Å²) in [6.07, 6.45) is 0. The molecule has 0 bridgehead atoms. The number of imidazole rings is 1. The molecule has 0 radical (unpaired) electrons. The number of anilines is 1. The standard InChI is InChI=1S/C31H27N5O2S/c1-22-11-13-23(14-12-22)19-35-27-9-5-6-10-28(27)36-30(35)33-34-31(36)39-21-29(37)32-25-15-17-26(18-16-25)38-20-24-7-3-2-4-8-24/h2-18H,19-21H2,1H3,(H,32,37). The van der Waals surface area contributed by atoms with Crippen LogP contribution in [-0.2, 0) is 17.9 Å². The summed E-state index contributed by atoms with van der Waals surface area (Å²) in [6, 6.07) is 34.1. The van der Waals surface area contributed by atoms with Crippen molar-refractivity contribution >= 4 is 40.2 Å². The number of nitrogens with one attached hydrogen (secondary N) is 1. The van der Waals surface area contributed by atoms with Crippen molar-refractivity contribution in [2.75, 3.05) is 11.1 Å². The molecule has 194 valence electrons. The first-order valence-corrected chi connectivity index (χ1v) is 13.7. The van der Waals surface area contributed by atoms with E-state index in [1.165, 1.54) is 22.9 Å². The van der Waals surface area contributed by atoms with Gasteiger partial charge in [-0.3, -0.25) is 9.20 Å². The van der Waals surface area contributed by atoms with E-state index in [0.717, 1.165) is 28.1 Å². The van der Waals surface area contributed by atoms with Crippen molar-refractivity contribution in [1.82, 2.24) is 19.2 Å². The monoisotopic (exact) mass is 533 g/mol. The molecule has 0 unspecified atom stereocenters. The minimum atomic E-state index is -0.113. The summed E-state index contributed by atoms with van der Waals surface area (Å²) >= 11 is 1.37. The minimum Gasteiger partial charge on any atom is -0.489 e. The van der Waals surface area contributed by atoms with Gasteiger partial charge in [0.2, 0.25) is 11.7 Å². The summed E-state index contributed by atoms with van der Waals surface area (Å²) in [5, 5.41) is 12.5. The number of aromatic nitrogens is 4. The molecule has 0 saturated heterocycles. The van der Waals surface area contributed by atoms with Crippen LogP contribution in [0.25, 0.3) is 16.8 Å². The Hall–Kier alpha value is -4.56. The number of thioether (sulfide) groups is 1. The lowest BCUT2D eigenvalue weighted by molar-refractivity contribution is -0.113. The average molecular weight is 534 g/mol. The number of amides is 1. The molecule has 0 aliphatic heterocycles. The van der Waals surface area contributed by atoms with Gasteiger partial charge in [0.15, 0.2) is 5.16 Å². The van der Waals surface area contributed by atoms with Crippen molar-refractivity contribution in [3.05, 3.63) is 120 Å². The average Bonchev–Trinajstić information content (AvgIpc) is 3.52. The number of aryl methyl sites for hydroxylation is 1. The third-order valence-electron chi connectivity index (χ3n) is 6.45. The molecule has 0 saturated carbocycles. The summed E-state index contributed by atoms with van der Waals surface area (Å²) in [7, 11) is 0. The van der Waals surface area contributed by atoms with Gasteiger partial charge in [0, 0.05) is 5.69 Å². The van der Waals surface area contributed by atoms with E-state index >= 15 is 0 Å². The molecule has 39 heavy (non-hydrogen) atoms. The van der Waals surface area contributed by atoms with Gasteiger partial charge in [-0.15, -0.1) is 10.2 Å². The van der Waals surface area contributed by atoms with E-state index in [4.69, 9.17) is 4.74 Å². The fourth-order valence-corrected chi connectivity index (χ4v) is 5.21. The topological polar surface area (TPSA) is 73.5 Å². The van der Waals surface area contributed by atoms with Crippen LogP contribution in [0.1, 0.15) is 16.7 Å². The molecule has 6 aromatic rings. The van der Waals surface area contributed by atoms with Crippen molar-refractivity contribution in [3.63, 3.8) is 0 Å². The predicted molar refractivity (Wildman–Crippen MR) is 155 cm³/mol. The van der Waals surface area contributed by atoms with Crippen LogP contribution in [0.3, 0.4) is 0 Å². The van der Waals surface area contributed by atoms with Gasteiger partial charge in [0.1, 0.15) is 12.4 Å². The van der Waals surface area contributed by atoms with E-state index in [9.17, 15) is 4.79 Å². The van der Waals surface area contributed by atoms with Crippen LogP contribution in [0, 0.1) is 6.92 Å². The van der Waals surface area contributed by atoms with Crippen LogP contribution >= 0.6 is 11.8 Å². The zero-order valence-electron chi connectivity index (χ0n) is 21.4. The number of para-hydroxylation sites is 2. The SMILES string of the molecule is Cc1ccc(Cn2c3ccccc3n3c(SCC(=O)Nc4ccc(OCc5ccccc5)cc4)nnc23)cc1. The van der Waals surface area contributed by atoms with Crippen LogP contribution < -0.4 is 10.1 Å². The molecule has 1 N–H and O–H groups in total. The third kappa shape index (κ3) is 5.51. The Labute approximate surface area is 230 Å². The Morgan fingerprint density at radius 2 is 1.54 bits per heavy atom. The van der Waals surface area contributed by atoms with Crippen LogP contribution in [-0.4, -0.2) is 30.8 Å². The molecule has 6 rings (SSSR count). The number of fused-ring (bicyclic) bond motifs is 3. The number of carbonyl (C=O) groups excluding carboxylic acids is 1. The number of rotatable bonds is 9. The van der Waals surface area contributed by atoms with Crippen molar-refractivity contribution in [1.29, 1.82) is 0 Å². The van der Waals surface area contributed by atoms with E-state index in [-0.39, 0.29) is 11.7 Å². The van der Waals surface area contributed by atoms with Gasteiger partial charge < -0.3 is 14.6 Å². The maximum Gasteiger partial charge on any atom is 0.237 e. The second kappa shape index (κ2) is 11.0. The molecule has 4 aromatic carbocycles. The Morgan fingerprint density at radius 3 is 2.31 bits per heavy atom. The van der Waals surface area contributed by atoms with Gasteiger partial charge in [-0.25, -0.2) is 0 Å². The van der Waals surface area contributed by atoms with Crippen molar-refractivity contribution in [2.24, 2.45) is 0 Å². The molecule has 0 fully saturated rings. The Kier molecular flexibility index (Phi) is 7.01. The quantitative estimate of drug-likeness (QED) is 0.219. The number of hydrogen-bond donors (Lipinski definition) is 1. The van der Waals surface area contributed by atoms with Crippen LogP contribution in [0.5, 0.6) is 5.75 Å². The number of carbonyl (C=O) groups is 1. The second-order valence-electron chi connectivity index (χ2n) is 9.31. The van der Waals surface area contributed by atoms with Crippen molar-refractivity contribution in [2.45, 2.75) is 25.2 Å². The molecule has 2 aromatic heterocycles. The Bertz CT molecular complexity index is 1730. The fourth-order valence-electron chi connectivity index (χ4n) is 4.47. The van der Waals surface area contributed by atoms with Crippen molar-refractivity contribution < 1.29 is 9.53 Å². The van der Waals surface area contributed by atoms with E-state index in [0.29, 0.717) is 24.0 Å². The molecular formula is C31H27N5O2S. The largest absolute Gasteiger partial charge is 0.489 e. The summed E-state index contributed by atoms with van der Waals surface area (Å²) in [6.45, 7) is 3.27. The molecule has 2 heterocycles. The van der Waals surface area contributed by atoms with Gasteiger partial charge in [-0.05, 0) is 54.4 Å². The normalized spacial score (nSPS) is 11.2. The molecular weight excluding hydrogens is 506 g/mol. The summed E-state index contributed by atoms with van der Waals surface area (Å²) in [4.78, 5) is 12.8. The first-order valence-electron chi connectivity index (χ1n) is 12.7. The minimum absolute atomic E-state index is 0.113. The number of benzene rings is 4. The van der Waals surface area contributed by atoms with E-state index in [1.54, 1.807) is 0 Å². The Morgan fingerprint density at radius 1 is 0.821 bits per heavy atom. The molecule has 0 spiro atoms. The molecule has 0 atom stereocenters. The lowest BCUT2D eigenvalue weighted by Gasteiger charge is -2.08. The highest BCUT2D eigenvalue weighted by Crippen LogP contribution is 2.27. The highest BCUT2D eigenvalue weighted by Gasteiger charge is 2.18. The van der Waals surface area contributed by atoms with E-state index < -0.39 is 0 Å². The third-order valence-corrected chi connectivity index (χ3v) is 7.38. The first kappa shape index (κ1) is 24.8. The summed E-state index contributed by atoms with van der Waals surface area (Å²) < 4.78 is 10.0. The van der Waals surface area contributed by atoms with Gasteiger partial charge in [0.25, 0.3) is 0 Å². The Balaban J connectivity index is 1.12. The first-order chi connectivity index (χ1) is 19.1. The smallest absolute Gasteiger partial charge is 0.237 e. The molecule has 0 aliphatic rings. The summed E-state index contributed by atoms with van der Waals surface area (Å²) in [5.41, 5.74) is 6.33. The van der Waals surface area contributed by atoms with Crippen LogP contribution in [0.15, 0.2) is 108 Å². The van der Waals surface area contributed by atoms with Gasteiger partial charge >= 0.3 is 0 Å². The van der Waals surface area contributed by atoms with Gasteiger partial charge in [0.05, 0.1) is 23.3 Å². The molecule has 1 amide bonds. The highest BCUT2D eigenvalue weighted by atomic mass is 32.2. The van der Waals surface area contributed by atoms with E-state index in [2.05, 4.69) is 63.4 Å². The summed E-state index contributed by atoms with van der Waals surface area (Å²) in [5.74, 6) is 1.60.